The van der Waals surface area contributed by atoms with Gasteiger partial charge in [0.05, 0.1) is 0 Å². The van der Waals surface area contributed by atoms with E-state index in [2.05, 4.69) is 15.3 Å². The van der Waals surface area contributed by atoms with E-state index in [9.17, 15) is 4.79 Å². The van der Waals surface area contributed by atoms with Gasteiger partial charge in [0.15, 0.2) is 0 Å². The molecule has 5 heteroatoms. The minimum Gasteiger partial charge on any atom is -0.381 e. The van der Waals surface area contributed by atoms with Gasteiger partial charge in [-0.15, -0.1) is 0 Å². The highest BCUT2D eigenvalue weighted by Crippen LogP contribution is 2.15. The average molecular weight is 251 g/mol. The highest BCUT2D eigenvalue weighted by Gasteiger charge is 2.14. The summed E-state index contributed by atoms with van der Waals surface area (Å²) in [6.45, 7) is 6.57. The van der Waals surface area contributed by atoms with Crippen LogP contribution in [-0.4, -0.2) is 29.7 Å². The number of rotatable bonds is 4. The smallest absolute Gasteiger partial charge is 0.252 e. The van der Waals surface area contributed by atoms with Gasteiger partial charge in [0.2, 0.25) is 0 Å². The molecule has 1 aromatic heterocycles. The number of anilines is 1. The topological polar surface area (TPSA) is 67.0 Å². The highest BCUT2D eigenvalue weighted by atomic mass is 16.5. The van der Waals surface area contributed by atoms with E-state index >= 15 is 0 Å². The molecule has 0 atom stereocenters. The van der Waals surface area contributed by atoms with Crippen LogP contribution in [0.5, 0.6) is 0 Å². The Bertz CT molecular complexity index is 436. The summed E-state index contributed by atoms with van der Waals surface area (Å²) < 4.78 is 5.32. The number of aromatic amines is 1. The minimum absolute atomic E-state index is 0.0943. The lowest BCUT2D eigenvalue weighted by atomic mass is 10.0. The van der Waals surface area contributed by atoms with Gasteiger partial charge in [0.25, 0.3) is 5.56 Å². The molecule has 2 rings (SSSR count). The van der Waals surface area contributed by atoms with Gasteiger partial charge in [-0.25, -0.2) is 4.98 Å². The van der Waals surface area contributed by atoms with Crippen LogP contribution in [0.15, 0.2) is 10.9 Å². The lowest BCUT2D eigenvalue weighted by Gasteiger charge is -2.22. The Labute approximate surface area is 107 Å². The maximum atomic E-state index is 11.5. The van der Waals surface area contributed by atoms with Crippen LogP contribution in [-0.2, 0) is 4.74 Å². The number of H-pyrrole nitrogens is 1. The van der Waals surface area contributed by atoms with Crippen molar-refractivity contribution in [3.8, 4) is 0 Å². The first-order valence-electron chi connectivity index (χ1n) is 6.58. The third-order valence-corrected chi connectivity index (χ3v) is 3.22. The van der Waals surface area contributed by atoms with E-state index < -0.39 is 0 Å². The van der Waals surface area contributed by atoms with Crippen molar-refractivity contribution in [1.82, 2.24) is 9.97 Å². The molecule has 1 fully saturated rings. The Morgan fingerprint density at radius 2 is 2.22 bits per heavy atom. The molecule has 5 nitrogen and oxygen atoms in total. The van der Waals surface area contributed by atoms with Gasteiger partial charge >= 0.3 is 0 Å². The van der Waals surface area contributed by atoms with Crippen molar-refractivity contribution in [1.29, 1.82) is 0 Å². The van der Waals surface area contributed by atoms with Crippen molar-refractivity contribution >= 4 is 5.82 Å². The van der Waals surface area contributed by atoms with E-state index in [0.29, 0.717) is 11.7 Å². The Morgan fingerprint density at radius 3 is 2.89 bits per heavy atom. The van der Waals surface area contributed by atoms with Gasteiger partial charge in [-0.2, -0.15) is 0 Å². The summed E-state index contributed by atoms with van der Waals surface area (Å²) in [6.07, 6.45) is 2.15. The molecule has 0 bridgehead atoms. The van der Waals surface area contributed by atoms with Crippen molar-refractivity contribution in [2.75, 3.05) is 25.1 Å². The van der Waals surface area contributed by atoms with Gasteiger partial charge in [0, 0.05) is 31.7 Å². The molecule has 1 aromatic rings. The quantitative estimate of drug-likeness (QED) is 0.855. The zero-order chi connectivity index (χ0) is 13.0. The average Bonchev–Trinajstić information content (AvgIpc) is 2.37. The van der Waals surface area contributed by atoms with Gasteiger partial charge in [-0.1, -0.05) is 13.8 Å². The summed E-state index contributed by atoms with van der Waals surface area (Å²) in [5, 5.41) is 3.26. The van der Waals surface area contributed by atoms with Crippen LogP contribution in [0.25, 0.3) is 0 Å². The fourth-order valence-corrected chi connectivity index (χ4v) is 2.04. The third-order valence-electron chi connectivity index (χ3n) is 3.22. The maximum absolute atomic E-state index is 11.5. The van der Waals surface area contributed by atoms with Gasteiger partial charge in [-0.05, 0) is 18.8 Å². The molecule has 0 radical (unpaired) electrons. The summed E-state index contributed by atoms with van der Waals surface area (Å²) in [7, 11) is 0. The minimum atomic E-state index is -0.0943. The summed E-state index contributed by atoms with van der Waals surface area (Å²) in [5.74, 6) is 2.25. The predicted molar refractivity (Wildman–Crippen MR) is 71.0 cm³/mol. The Kier molecular flexibility index (Phi) is 4.36. The van der Waals surface area contributed by atoms with Crippen LogP contribution in [0.2, 0.25) is 0 Å². The second-order valence-corrected chi connectivity index (χ2v) is 5.11. The summed E-state index contributed by atoms with van der Waals surface area (Å²) in [6, 6.07) is 1.52. The van der Waals surface area contributed by atoms with Crippen LogP contribution in [0.3, 0.4) is 0 Å². The molecular weight excluding hydrogens is 230 g/mol. The molecule has 18 heavy (non-hydrogen) atoms. The molecule has 0 amide bonds. The first-order valence-corrected chi connectivity index (χ1v) is 6.58. The molecule has 2 heterocycles. The van der Waals surface area contributed by atoms with Crippen LogP contribution in [0.4, 0.5) is 5.82 Å². The second-order valence-electron chi connectivity index (χ2n) is 5.11. The molecule has 0 saturated carbocycles. The molecular formula is C13H21N3O2. The number of ether oxygens (including phenoxy) is 1. The van der Waals surface area contributed by atoms with E-state index in [-0.39, 0.29) is 11.5 Å². The predicted octanol–water partition coefficient (Wildman–Crippen LogP) is 1.73. The largest absolute Gasteiger partial charge is 0.381 e. The summed E-state index contributed by atoms with van der Waals surface area (Å²) in [4.78, 5) is 18.7. The van der Waals surface area contributed by atoms with Crippen molar-refractivity contribution in [3.05, 3.63) is 22.2 Å². The van der Waals surface area contributed by atoms with Crippen molar-refractivity contribution in [2.24, 2.45) is 5.92 Å². The fourth-order valence-electron chi connectivity index (χ4n) is 2.04. The fraction of sp³-hybridized carbons (Fsp3) is 0.692. The normalized spacial score (nSPS) is 17.1. The van der Waals surface area contributed by atoms with E-state index in [4.69, 9.17) is 4.74 Å². The number of aromatic nitrogens is 2. The molecule has 2 N–H and O–H groups in total. The summed E-state index contributed by atoms with van der Waals surface area (Å²) in [5.41, 5.74) is -0.0943. The van der Waals surface area contributed by atoms with Crippen LogP contribution < -0.4 is 10.9 Å². The van der Waals surface area contributed by atoms with Gasteiger partial charge < -0.3 is 15.0 Å². The van der Waals surface area contributed by atoms with Gasteiger partial charge in [0.1, 0.15) is 11.6 Å². The maximum Gasteiger partial charge on any atom is 0.252 e. The Balaban J connectivity index is 1.97. The Morgan fingerprint density at radius 1 is 1.50 bits per heavy atom. The third kappa shape index (κ3) is 3.57. The SMILES string of the molecule is CC(C)c1nc(NCC2CCOCC2)cc(=O)[nH]1. The molecule has 0 unspecified atom stereocenters. The van der Waals surface area contributed by atoms with Crippen LogP contribution in [0, 0.1) is 5.92 Å². The molecule has 0 spiro atoms. The second kappa shape index (κ2) is 6.00. The van der Waals surface area contributed by atoms with Crippen molar-refractivity contribution < 1.29 is 4.74 Å². The van der Waals surface area contributed by atoms with E-state index in [1.165, 1.54) is 6.07 Å². The van der Waals surface area contributed by atoms with E-state index in [1.807, 2.05) is 13.8 Å². The van der Waals surface area contributed by atoms with Crippen molar-refractivity contribution in [3.63, 3.8) is 0 Å². The van der Waals surface area contributed by atoms with Crippen LogP contribution in [0.1, 0.15) is 38.4 Å². The number of nitrogens with zero attached hydrogens (tertiary/aromatic N) is 1. The first-order chi connectivity index (χ1) is 8.65. The lowest BCUT2D eigenvalue weighted by molar-refractivity contribution is 0.0699. The van der Waals surface area contributed by atoms with E-state index in [1.54, 1.807) is 0 Å². The van der Waals surface area contributed by atoms with Crippen LogP contribution >= 0.6 is 0 Å². The molecule has 100 valence electrons. The van der Waals surface area contributed by atoms with E-state index in [0.717, 1.165) is 38.4 Å². The molecule has 1 aliphatic rings. The molecule has 1 aliphatic heterocycles. The molecule has 1 saturated heterocycles. The zero-order valence-electron chi connectivity index (χ0n) is 11.0. The first kappa shape index (κ1) is 13.1. The standard InChI is InChI=1S/C13H21N3O2/c1-9(2)13-15-11(7-12(17)16-13)14-8-10-3-5-18-6-4-10/h7,9-10H,3-6,8H2,1-2H3,(H2,14,15,16,17). The molecule has 0 aliphatic carbocycles. The van der Waals surface area contributed by atoms with Crippen molar-refractivity contribution in [2.45, 2.75) is 32.6 Å². The number of nitrogens with one attached hydrogen (secondary N) is 2. The zero-order valence-corrected chi connectivity index (χ0v) is 11.0. The lowest BCUT2D eigenvalue weighted by Crippen LogP contribution is -2.24. The molecule has 0 aromatic carbocycles. The summed E-state index contributed by atoms with van der Waals surface area (Å²) >= 11 is 0. The number of hydrogen-bond acceptors (Lipinski definition) is 4. The monoisotopic (exact) mass is 251 g/mol. The highest BCUT2D eigenvalue weighted by molar-refractivity contribution is 5.33. The Hall–Kier alpha value is -1.36. The van der Waals surface area contributed by atoms with Gasteiger partial charge in [-0.3, -0.25) is 4.79 Å². The number of hydrogen-bond donors (Lipinski definition) is 2.